The highest BCUT2D eigenvalue weighted by molar-refractivity contribution is 5.72. The molecule has 1 aliphatic rings. The Bertz CT molecular complexity index is 327. The molecule has 1 heterocycles. The van der Waals surface area contributed by atoms with Crippen LogP contribution in [0.5, 0.6) is 0 Å². The maximum absolute atomic E-state index is 10.7. The normalized spacial score (nSPS) is 26.5. The van der Waals surface area contributed by atoms with Crippen LogP contribution in [0.2, 0.25) is 0 Å². The van der Waals surface area contributed by atoms with Crippen LogP contribution in [0.15, 0.2) is 36.7 Å². The fraction of sp³-hybridized carbons (Fsp3) is 0.300. The van der Waals surface area contributed by atoms with Crippen LogP contribution in [0.4, 0.5) is 0 Å². The van der Waals surface area contributed by atoms with Crippen molar-refractivity contribution in [2.45, 2.75) is 12.5 Å². The molecule has 2 unspecified atom stereocenters. The third-order valence-electron chi connectivity index (χ3n) is 2.39. The highest BCUT2D eigenvalue weighted by Gasteiger charge is 2.24. The Morgan fingerprint density at radius 3 is 2.54 bits per heavy atom. The predicted molar refractivity (Wildman–Crippen MR) is 48.4 cm³/mol. The molecule has 1 aromatic heterocycles. The Morgan fingerprint density at radius 2 is 2.00 bits per heavy atom. The zero-order valence-corrected chi connectivity index (χ0v) is 7.13. The summed E-state index contributed by atoms with van der Waals surface area (Å²) >= 11 is 0. The van der Waals surface area contributed by atoms with Crippen molar-refractivity contribution in [3.05, 3.63) is 36.7 Å². The Kier molecular flexibility index (Phi) is 1.93. The Morgan fingerprint density at radius 1 is 1.31 bits per heavy atom. The summed E-state index contributed by atoms with van der Waals surface area (Å²) in [5.74, 6) is -1.04. The quantitative estimate of drug-likeness (QED) is 0.698. The predicted octanol–water partition coefficient (Wildman–Crippen LogP) is 1.69. The number of allylic oxidation sites excluding steroid dienone is 1. The van der Waals surface area contributed by atoms with Crippen molar-refractivity contribution in [1.29, 1.82) is 0 Å². The number of hydrogen-bond acceptors (Lipinski definition) is 1. The van der Waals surface area contributed by atoms with Crippen LogP contribution in [0, 0.1) is 5.92 Å². The van der Waals surface area contributed by atoms with E-state index >= 15 is 0 Å². The number of carbonyl (C=O) groups is 1. The second kappa shape index (κ2) is 3.09. The highest BCUT2D eigenvalue weighted by Crippen LogP contribution is 2.27. The van der Waals surface area contributed by atoms with Gasteiger partial charge in [-0.1, -0.05) is 12.2 Å². The summed E-state index contributed by atoms with van der Waals surface area (Å²) in [6.07, 6.45) is 8.31. The van der Waals surface area contributed by atoms with E-state index in [0.29, 0.717) is 6.42 Å². The number of carboxylic acid groups (broad SMARTS) is 1. The van der Waals surface area contributed by atoms with E-state index in [0.717, 1.165) is 0 Å². The van der Waals surface area contributed by atoms with E-state index in [4.69, 9.17) is 5.11 Å². The van der Waals surface area contributed by atoms with Gasteiger partial charge in [-0.05, 0) is 18.6 Å². The molecule has 1 aliphatic carbocycles. The van der Waals surface area contributed by atoms with E-state index in [9.17, 15) is 4.79 Å². The van der Waals surface area contributed by atoms with E-state index in [2.05, 4.69) is 0 Å². The van der Waals surface area contributed by atoms with Gasteiger partial charge in [0.1, 0.15) is 0 Å². The monoisotopic (exact) mass is 177 g/mol. The number of hydrogen-bond donors (Lipinski definition) is 1. The molecule has 3 nitrogen and oxygen atoms in total. The number of aromatic nitrogens is 1. The van der Waals surface area contributed by atoms with Crippen LogP contribution < -0.4 is 0 Å². The lowest BCUT2D eigenvalue weighted by Crippen LogP contribution is -2.11. The van der Waals surface area contributed by atoms with Gasteiger partial charge in [-0.15, -0.1) is 0 Å². The minimum Gasteiger partial charge on any atom is -0.481 e. The summed E-state index contributed by atoms with van der Waals surface area (Å²) in [4.78, 5) is 10.7. The first kappa shape index (κ1) is 8.10. The first-order valence-electron chi connectivity index (χ1n) is 4.31. The zero-order valence-electron chi connectivity index (χ0n) is 7.13. The molecule has 0 fully saturated rings. The maximum Gasteiger partial charge on any atom is 0.310 e. The summed E-state index contributed by atoms with van der Waals surface area (Å²) in [5.41, 5.74) is 0. The second-order valence-corrected chi connectivity index (χ2v) is 3.26. The van der Waals surface area contributed by atoms with Gasteiger partial charge in [0.05, 0.1) is 12.0 Å². The van der Waals surface area contributed by atoms with Crippen molar-refractivity contribution >= 4 is 5.97 Å². The van der Waals surface area contributed by atoms with Gasteiger partial charge in [0.15, 0.2) is 0 Å². The smallest absolute Gasteiger partial charge is 0.310 e. The van der Waals surface area contributed by atoms with Crippen molar-refractivity contribution in [1.82, 2.24) is 4.57 Å². The molecule has 2 rings (SSSR count). The molecular formula is C10H11NO2. The first-order valence-corrected chi connectivity index (χ1v) is 4.31. The molecule has 0 aromatic carbocycles. The molecule has 0 spiro atoms. The maximum atomic E-state index is 10.7. The van der Waals surface area contributed by atoms with E-state index in [1.165, 1.54) is 0 Å². The Hall–Kier alpha value is -1.51. The average Bonchev–Trinajstić information content (AvgIpc) is 2.75. The average molecular weight is 177 g/mol. The van der Waals surface area contributed by atoms with Gasteiger partial charge in [0, 0.05) is 12.4 Å². The van der Waals surface area contributed by atoms with Crippen LogP contribution >= 0.6 is 0 Å². The van der Waals surface area contributed by atoms with Gasteiger partial charge in [-0.3, -0.25) is 4.79 Å². The SMILES string of the molecule is O=C(O)C1C=CC(n2cccc2)C1. The third kappa shape index (κ3) is 1.49. The van der Waals surface area contributed by atoms with Gasteiger partial charge < -0.3 is 9.67 Å². The van der Waals surface area contributed by atoms with Gasteiger partial charge in [-0.25, -0.2) is 0 Å². The molecule has 0 radical (unpaired) electrons. The molecule has 0 saturated heterocycles. The second-order valence-electron chi connectivity index (χ2n) is 3.26. The summed E-state index contributed by atoms with van der Waals surface area (Å²) < 4.78 is 2.03. The van der Waals surface area contributed by atoms with Crippen molar-refractivity contribution in [3.63, 3.8) is 0 Å². The topological polar surface area (TPSA) is 42.2 Å². The van der Waals surface area contributed by atoms with Crippen molar-refractivity contribution < 1.29 is 9.90 Å². The van der Waals surface area contributed by atoms with Crippen LogP contribution in [0.3, 0.4) is 0 Å². The minimum atomic E-state index is -0.731. The standard InChI is InChI=1S/C10H11NO2/c12-10(13)8-3-4-9(7-8)11-5-1-2-6-11/h1-6,8-9H,7H2,(H,12,13). The van der Waals surface area contributed by atoms with E-state index in [1.54, 1.807) is 6.08 Å². The van der Waals surface area contributed by atoms with E-state index in [1.807, 2.05) is 35.2 Å². The summed E-state index contributed by atoms with van der Waals surface area (Å²) in [5, 5.41) is 8.77. The van der Waals surface area contributed by atoms with Crippen LogP contribution in [-0.4, -0.2) is 15.6 Å². The molecule has 3 heteroatoms. The summed E-state index contributed by atoms with van der Waals surface area (Å²) in [6, 6.07) is 4.11. The molecule has 2 atom stereocenters. The number of aliphatic carboxylic acids is 1. The largest absolute Gasteiger partial charge is 0.481 e. The lowest BCUT2D eigenvalue weighted by molar-refractivity contribution is -0.140. The van der Waals surface area contributed by atoms with Crippen molar-refractivity contribution in [2.24, 2.45) is 5.92 Å². The van der Waals surface area contributed by atoms with Gasteiger partial charge in [0.25, 0.3) is 0 Å². The van der Waals surface area contributed by atoms with Gasteiger partial charge in [-0.2, -0.15) is 0 Å². The fourth-order valence-corrected chi connectivity index (χ4v) is 1.65. The van der Waals surface area contributed by atoms with Crippen LogP contribution in [0.1, 0.15) is 12.5 Å². The molecule has 0 aliphatic heterocycles. The number of nitrogens with zero attached hydrogens (tertiary/aromatic N) is 1. The third-order valence-corrected chi connectivity index (χ3v) is 2.39. The number of rotatable bonds is 2. The van der Waals surface area contributed by atoms with Crippen LogP contribution in [0.25, 0.3) is 0 Å². The van der Waals surface area contributed by atoms with Crippen molar-refractivity contribution in [2.75, 3.05) is 0 Å². The Labute approximate surface area is 76.3 Å². The molecular weight excluding hydrogens is 166 g/mol. The number of carboxylic acids is 1. The molecule has 1 aromatic rings. The molecule has 1 N–H and O–H groups in total. The van der Waals surface area contributed by atoms with Crippen LogP contribution in [-0.2, 0) is 4.79 Å². The lowest BCUT2D eigenvalue weighted by atomic mass is 10.1. The highest BCUT2D eigenvalue weighted by atomic mass is 16.4. The van der Waals surface area contributed by atoms with Gasteiger partial charge >= 0.3 is 5.97 Å². The summed E-state index contributed by atoms with van der Waals surface area (Å²) in [7, 11) is 0. The molecule has 0 amide bonds. The Balaban J connectivity index is 2.09. The molecule has 68 valence electrons. The minimum absolute atomic E-state index is 0.219. The molecule has 0 saturated carbocycles. The fourth-order valence-electron chi connectivity index (χ4n) is 1.65. The lowest BCUT2D eigenvalue weighted by Gasteiger charge is -2.10. The van der Waals surface area contributed by atoms with Gasteiger partial charge in [0.2, 0.25) is 0 Å². The summed E-state index contributed by atoms with van der Waals surface area (Å²) in [6.45, 7) is 0. The first-order chi connectivity index (χ1) is 6.27. The van der Waals surface area contributed by atoms with Crippen molar-refractivity contribution in [3.8, 4) is 0 Å². The zero-order chi connectivity index (χ0) is 9.26. The molecule has 0 bridgehead atoms. The molecule has 13 heavy (non-hydrogen) atoms. The van der Waals surface area contributed by atoms with E-state index in [-0.39, 0.29) is 12.0 Å². The van der Waals surface area contributed by atoms with E-state index < -0.39 is 5.97 Å².